The summed E-state index contributed by atoms with van der Waals surface area (Å²) in [7, 11) is 4.06. The molecule has 1 heterocycles. The maximum absolute atomic E-state index is 13.1. The molecular weight excluding hydrogens is 392 g/mol. The number of carbonyl (C=O) groups is 2. The lowest BCUT2D eigenvalue weighted by Gasteiger charge is -2.38. The summed E-state index contributed by atoms with van der Waals surface area (Å²) in [6.45, 7) is 7.85. The van der Waals surface area contributed by atoms with Gasteiger partial charge in [0.05, 0.1) is 12.0 Å². The lowest BCUT2D eigenvalue weighted by molar-refractivity contribution is -0.134. The van der Waals surface area contributed by atoms with Crippen molar-refractivity contribution in [2.45, 2.75) is 71.4 Å². The quantitative estimate of drug-likeness (QED) is 0.600. The highest BCUT2D eigenvalue weighted by atomic mass is 16.6. The van der Waals surface area contributed by atoms with E-state index in [2.05, 4.69) is 15.2 Å². The largest absolute Gasteiger partial charge is 0.444 e. The van der Waals surface area contributed by atoms with Crippen LogP contribution >= 0.6 is 0 Å². The molecule has 1 N–H and O–H groups in total. The highest BCUT2D eigenvalue weighted by Gasteiger charge is 2.39. The second-order valence-electron chi connectivity index (χ2n) is 9.95. The molecule has 2 rings (SSSR count). The van der Waals surface area contributed by atoms with Crippen molar-refractivity contribution in [2.75, 3.05) is 33.7 Å². The van der Waals surface area contributed by atoms with Gasteiger partial charge in [-0.25, -0.2) is 4.79 Å². The Kier molecular flexibility index (Phi) is 9.29. The van der Waals surface area contributed by atoms with Gasteiger partial charge >= 0.3 is 6.09 Å². The topological polar surface area (TPSA) is 74.8 Å². The fourth-order valence-electron chi connectivity index (χ4n) is 4.22. The average molecular weight is 433 g/mol. The third-order valence-electron chi connectivity index (χ3n) is 5.55. The predicted molar refractivity (Wildman–Crippen MR) is 123 cm³/mol. The zero-order chi connectivity index (χ0) is 22.9. The van der Waals surface area contributed by atoms with Gasteiger partial charge in [-0.1, -0.05) is 25.3 Å². The van der Waals surface area contributed by atoms with Gasteiger partial charge in [0.1, 0.15) is 5.60 Å². The normalized spacial score (nSPS) is 16.1. The molecule has 0 saturated heterocycles. The minimum Gasteiger partial charge on any atom is -0.444 e. The number of pyridine rings is 1. The summed E-state index contributed by atoms with van der Waals surface area (Å²) in [4.78, 5) is 33.7. The summed E-state index contributed by atoms with van der Waals surface area (Å²) < 4.78 is 5.58. The second-order valence-corrected chi connectivity index (χ2v) is 9.95. The van der Waals surface area contributed by atoms with E-state index in [1.165, 1.54) is 6.42 Å². The first kappa shape index (κ1) is 25.1. The van der Waals surface area contributed by atoms with E-state index in [0.29, 0.717) is 26.1 Å². The SMILES string of the molecule is CN(C)CC1(C(=O)NCCCN(Cc2cccnc2)C(=O)OC(C)(C)C)CCCCC1. The fraction of sp³-hybridized carbons (Fsp3) is 0.708. The Labute approximate surface area is 187 Å². The molecule has 1 aliphatic carbocycles. The van der Waals surface area contributed by atoms with Crippen molar-refractivity contribution in [1.82, 2.24) is 20.1 Å². The van der Waals surface area contributed by atoms with Crippen LogP contribution in [0.3, 0.4) is 0 Å². The standard InChI is InChI=1S/C24H40N4O3/c1-23(2,3)31-22(30)28(18-20-11-9-14-25-17-20)16-10-15-26-21(29)24(19-27(4)5)12-7-6-8-13-24/h9,11,14,17H,6-8,10,12-13,15-16,18-19H2,1-5H3,(H,26,29). The molecule has 0 unspecified atom stereocenters. The van der Waals surface area contributed by atoms with E-state index >= 15 is 0 Å². The number of amides is 2. The summed E-state index contributed by atoms with van der Waals surface area (Å²) in [6.07, 6.45) is 9.12. The molecular formula is C24H40N4O3. The number of hydrogen-bond acceptors (Lipinski definition) is 5. The predicted octanol–water partition coefficient (Wildman–Crippen LogP) is 3.84. The van der Waals surface area contributed by atoms with Crippen molar-refractivity contribution >= 4 is 12.0 Å². The fourth-order valence-corrected chi connectivity index (χ4v) is 4.22. The van der Waals surface area contributed by atoms with Gasteiger partial charge in [-0.3, -0.25) is 9.78 Å². The molecule has 7 nitrogen and oxygen atoms in total. The van der Waals surface area contributed by atoms with Crippen LogP contribution in [0.1, 0.15) is 64.9 Å². The van der Waals surface area contributed by atoms with E-state index < -0.39 is 5.60 Å². The van der Waals surface area contributed by atoms with E-state index in [4.69, 9.17) is 4.74 Å². The van der Waals surface area contributed by atoms with Crippen LogP contribution in [0.15, 0.2) is 24.5 Å². The molecule has 0 bridgehead atoms. The van der Waals surface area contributed by atoms with E-state index in [9.17, 15) is 9.59 Å². The Morgan fingerprint density at radius 1 is 1.19 bits per heavy atom. The minimum atomic E-state index is -0.558. The lowest BCUT2D eigenvalue weighted by Crippen LogP contribution is -2.48. The second kappa shape index (κ2) is 11.5. The average Bonchev–Trinajstić information content (AvgIpc) is 2.69. The summed E-state index contributed by atoms with van der Waals surface area (Å²) in [5, 5.41) is 3.15. The van der Waals surface area contributed by atoms with E-state index in [1.54, 1.807) is 17.3 Å². The first-order valence-corrected chi connectivity index (χ1v) is 11.4. The Bertz CT molecular complexity index is 695. The van der Waals surface area contributed by atoms with Crippen molar-refractivity contribution < 1.29 is 14.3 Å². The third-order valence-corrected chi connectivity index (χ3v) is 5.55. The molecule has 1 aliphatic rings. The molecule has 0 spiro atoms. The summed E-state index contributed by atoms with van der Waals surface area (Å²) in [5.74, 6) is 0.150. The zero-order valence-corrected chi connectivity index (χ0v) is 19.9. The molecule has 174 valence electrons. The molecule has 7 heteroatoms. The molecule has 0 aliphatic heterocycles. The lowest BCUT2D eigenvalue weighted by atomic mass is 9.73. The van der Waals surface area contributed by atoms with Crippen LogP contribution in [0.5, 0.6) is 0 Å². The van der Waals surface area contributed by atoms with Crippen molar-refractivity contribution in [3.63, 3.8) is 0 Å². The molecule has 0 atom stereocenters. The monoisotopic (exact) mass is 432 g/mol. The number of nitrogens with zero attached hydrogens (tertiary/aromatic N) is 3. The number of rotatable bonds is 9. The highest BCUT2D eigenvalue weighted by molar-refractivity contribution is 5.83. The van der Waals surface area contributed by atoms with Gasteiger partial charge in [0.25, 0.3) is 0 Å². The Morgan fingerprint density at radius 2 is 1.90 bits per heavy atom. The van der Waals surface area contributed by atoms with Crippen LogP contribution in [-0.4, -0.2) is 66.1 Å². The molecule has 1 fully saturated rings. The first-order valence-electron chi connectivity index (χ1n) is 11.4. The van der Waals surface area contributed by atoms with Crippen LogP contribution in [0.25, 0.3) is 0 Å². The highest BCUT2D eigenvalue weighted by Crippen LogP contribution is 2.37. The minimum absolute atomic E-state index is 0.150. The smallest absolute Gasteiger partial charge is 0.410 e. The molecule has 1 aromatic rings. The Hall–Kier alpha value is -2.15. The van der Waals surface area contributed by atoms with Gasteiger partial charge in [0.15, 0.2) is 0 Å². The van der Waals surface area contributed by atoms with E-state index in [-0.39, 0.29) is 17.4 Å². The van der Waals surface area contributed by atoms with Gasteiger partial charge in [0.2, 0.25) is 5.91 Å². The van der Waals surface area contributed by atoms with Crippen LogP contribution in [0.2, 0.25) is 0 Å². The van der Waals surface area contributed by atoms with Crippen molar-refractivity contribution in [2.24, 2.45) is 5.41 Å². The maximum atomic E-state index is 13.1. The molecule has 1 saturated carbocycles. The summed E-state index contributed by atoms with van der Waals surface area (Å²) >= 11 is 0. The van der Waals surface area contributed by atoms with Gasteiger partial charge in [-0.15, -0.1) is 0 Å². The van der Waals surface area contributed by atoms with E-state index in [1.807, 2.05) is 47.0 Å². The van der Waals surface area contributed by atoms with Gasteiger partial charge in [-0.2, -0.15) is 0 Å². The first-order chi connectivity index (χ1) is 14.6. The van der Waals surface area contributed by atoms with E-state index in [0.717, 1.165) is 37.8 Å². The summed E-state index contributed by atoms with van der Waals surface area (Å²) in [5.41, 5.74) is 0.102. The summed E-state index contributed by atoms with van der Waals surface area (Å²) in [6, 6.07) is 3.80. The number of hydrogen-bond donors (Lipinski definition) is 1. The maximum Gasteiger partial charge on any atom is 0.410 e. The van der Waals surface area contributed by atoms with Gasteiger partial charge in [0, 0.05) is 32.0 Å². The van der Waals surface area contributed by atoms with Crippen LogP contribution < -0.4 is 5.32 Å². The van der Waals surface area contributed by atoms with Crippen molar-refractivity contribution in [3.05, 3.63) is 30.1 Å². The Balaban J connectivity index is 1.92. The number of carbonyl (C=O) groups excluding carboxylic acids is 2. The van der Waals surface area contributed by atoms with Crippen LogP contribution in [0, 0.1) is 5.41 Å². The number of ether oxygens (including phenoxy) is 1. The third kappa shape index (κ3) is 8.48. The number of aromatic nitrogens is 1. The molecule has 31 heavy (non-hydrogen) atoms. The zero-order valence-electron chi connectivity index (χ0n) is 19.9. The van der Waals surface area contributed by atoms with Gasteiger partial charge in [-0.05, 0) is 65.8 Å². The van der Waals surface area contributed by atoms with Crippen LogP contribution in [-0.2, 0) is 16.1 Å². The van der Waals surface area contributed by atoms with Gasteiger partial charge < -0.3 is 19.9 Å². The molecule has 2 amide bonds. The Morgan fingerprint density at radius 3 is 2.48 bits per heavy atom. The molecule has 0 radical (unpaired) electrons. The number of nitrogens with one attached hydrogen (secondary N) is 1. The van der Waals surface area contributed by atoms with Crippen LogP contribution in [0.4, 0.5) is 4.79 Å². The van der Waals surface area contributed by atoms with Crippen molar-refractivity contribution in [1.29, 1.82) is 0 Å². The molecule has 0 aromatic carbocycles. The van der Waals surface area contributed by atoms with Crippen molar-refractivity contribution in [3.8, 4) is 0 Å². The molecule has 1 aromatic heterocycles.